The lowest BCUT2D eigenvalue weighted by Crippen LogP contribution is -2.03. The smallest absolute Gasteiger partial charge is 0.115 e. The van der Waals surface area contributed by atoms with Crippen LogP contribution in [0.25, 0.3) is 16.7 Å². The van der Waals surface area contributed by atoms with Crippen LogP contribution in [0, 0.1) is 6.92 Å². The number of alkyl halides is 1. The van der Waals surface area contributed by atoms with Crippen molar-refractivity contribution in [3.63, 3.8) is 0 Å². The summed E-state index contributed by atoms with van der Waals surface area (Å²) in [6.07, 6.45) is 0.703. The van der Waals surface area contributed by atoms with Crippen molar-refractivity contribution in [2.24, 2.45) is 0 Å². The molecule has 3 rings (SSSR count). The Morgan fingerprint density at radius 3 is 2.76 bits per heavy atom. The lowest BCUT2D eigenvalue weighted by atomic mass is 10.2. The standard InChI is InChI=1S/C16H13BrCl2N2/c1-10-2-4-12(17)14(8-10)21-15-9-11(19)3-5-13(15)20-16(21)6-7-18/h2-5,8-9H,6-7H2,1H3. The molecule has 0 bridgehead atoms. The molecule has 0 fully saturated rings. The van der Waals surface area contributed by atoms with E-state index in [4.69, 9.17) is 23.2 Å². The Balaban J connectivity index is 2.35. The Labute approximate surface area is 141 Å². The van der Waals surface area contributed by atoms with Gasteiger partial charge in [0.2, 0.25) is 0 Å². The quantitative estimate of drug-likeness (QED) is 0.543. The van der Waals surface area contributed by atoms with Gasteiger partial charge in [-0.3, -0.25) is 4.57 Å². The lowest BCUT2D eigenvalue weighted by Gasteiger charge is -2.12. The highest BCUT2D eigenvalue weighted by atomic mass is 79.9. The van der Waals surface area contributed by atoms with E-state index in [2.05, 4.69) is 44.5 Å². The molecule has 1 heterocycles. The summed E-state index contributed by atoms with van der Waals surface area (Å²) in [7, 11) is 0. The molecule has 1 aromatic heterocycles. The minimum Gasteiger partial charge on any atom is -0.295 e. The van der Waals surface area contributed by atoms with Gasteiger partial charge in [0.25, 0.3) is 0 Å². The van der Waals surface area contributed by atoms with Gasteiger partial charge in [-0.25, -0.2) is 4.98 Å². The van der Waals surface area contributed by atoms with Gasteiger partial charge in [-0.05, 0) is 58.7 Å². The molecule has 0 aliphatic rings. The van der Waals surface area contributed by atoms with Crippen molar-refractivity contribution in [2.75, 3.05) is 5.88 Å². The van der Waals surface area contributed by atoms with Crippen LogP contribution in [0.15, 0.2) is 40.9 Å². The van der Waals surface area contributed by atoms with Crippen molar-refractivity contribution in [1.82, 2.24) is 9.55 Å². The molecule has 5 heteroatoms. The van der Waals surface area contributed by atoms with Crippen LogP contribution in [-0.2, 0) is 6.42 Å². The SMILES string of the molecule is Cc1ccc(Br)c(-n2c(CCCl)nc3ccc(Cl)cc32)c1. The molecule has 0 spiro atoms. The first-order chi connectivity index (χ1) is 10.1. The fourth-order valence-electron chi connectivity index (χ4n) is 2.41. The number of fused-ring (bicyclic) bond motifs is 1. The Morgan fingerprint density at radius 2 is 2.00 bits per heavy atom. The zero-order valence-electron chi connectivity index (χ0n) is 11.4. The first kappa shape index (κ1) is 14.9. The molecule has 3 aromatic rings. The van der Waals surface area contributed by atoms with E-state index in [-0.39, 0.29) is 0 Å². The van der Waals surface area contributed by atoms with Crippen LogP contribution >= 0.6 is 39.1 Å². The Bertz CT molecular complexity index is 811. The van der Waals surface area contributed by atoms with Crippen LogP contribution in [0.1, 0.15) is 11.4 Å². The zero-order valence-corrected chi connectivity index (χ0v) is 14.5. The number of benzene rings is 2. The monoisotopic (exact) mass is 382 g/mol. The van der Waals surface area contributed by atoms with Crippen LogP contribution < -0.4 is 0 Å². The topological polar surface area (TPSA) is 17.8 Å². The number of rotatable bonds is 3. The highest BCUT2D eigenvalue weighted by Crippen LogP contribution is 2.29. The molecule has 0 amide bonds. The minimum absolute atomic E-state index is 0.528. The van der Waals surface area contributed by atoms with Crippen molar-refractivity contribution < 1.29 is 0 Å². The lowest BCUT2D eigenvalue weighted by molar-refractivity contribution is 0.908. The highest BCUT2D eigenvalue weighted by Gasteiger charge is 2.14. The molecule has 0 saturated carbocycles. The van der Waals surface area contributed by atoms with E-state index >= 15 is 0 Å². The number of halogens is 3. The third-order valence-corrected chi connectivity index (χ3v) is 4.44. The predicted octanol–water partition coefficient (Wildman–Crippen LogP) is 5.53. The van der Waals surface area contributed by atoms with Gasteiger partial charge in [0, 0.05) is 21.8 Å². The summed E-state index contributed by atoms with van der Waals surface area (Å²) in [6.45, 7) is 2.07. The minimum atomic E-state index is 0.528. The number of aryl methyl sites for hydroxylation is 2. The zero-order chi connectivity index (χ0) is 15.0. The van der Waals surface area contributed by atoms with E-state index in [1.54, 1.807) is 0 Å². The molecule has 0 aliphatic heterocycles. The number of hydrogen-bond donors (Lipinski definition) is 0. The molecule has 21 heavy (non-hydrogen) atoms. The van der Waals surface area contributed by atoms with E-state index in [1.807, 2.05) is 24.3 Å². The van der Waals surface area contributed by atoms with Crippen LogP contribution in [-0.4, -0.2) is 15.4 Å². The maximum absolute atomic E-state index is 6.16. The average Bonchev–Trinajstić information content (AvgIpc) is 2.79. The first-order valence-electron chi connectivity index (χ1n) is 6.59. The van der Waals surface area contributed by atoms with Crippen molar-refractivity contribution in [2.45, 2.75) is 13.3 Å². The van der Waals surface area contributed by atoms with E-state index in [0.717, 1.165) is 27.0 Å². The maximum atomic E-state index is 6.16. The van der Waals surface area contributed by atoms with Gasteiger partial charge in [0.15, 0.2) is 0 Å². The molecule has 0 aliphatic carbocycles. The fraction of sp³-hybridized carbons (Fsp3) is 0.188. The summed E-state index contributed by atoms with van der Waals surface area (Å²) in [5, 5.41) is 0.699. The van der Waals surface area contributed by atoms with Crippen LogP contribution in [0.4, 0.5) is 0 Å². The molecule has 2 aromatic carbocycles. The van der Waals surface area contributed by atoms with Crippen molar-refractivity contribution >= 4 is 50.2 Å². The van der Waals surface area contributed by atoms with Crippen LogP contribution in [0.2, 0.25) is 5.02 Å². The second kappa shape index (κ2) is 5.99. The Kier molecular flexibility index (Phi) is 4.25. The first-order valence-corrected chi connectivity index (χ1v) is 8.30. The largest absolute Gasteiger partial charge is 0.295 e. The maximum Gasteiger partial charge on any atom is 0.115 e. The van der Waals surface area contributed by atoms with Gasteiger partial charge in [0.1, 0.15) is 5.82 Å². The summed E-state index contributed by atoms with van der Waals surface area (Å²) >= 11 is 15.7. The number of imidazole rings is 1. The Morgan fingerprint density at radius 1 is 1.19 bits per heavy atom. The Hall–Kier alpha value is -1.03. The summed E-state index contributed by atoms with van der Waals surface area (Å²) in [4.78, 5) is 4.69. The van der Waals surface area contributed by atoms with Gasteiger partial charge >= 0.3 is 0 Å². The van der Waals surface area contributed by atoms with Crippen LogP contribution in [0.5, 0.6) is 0 Å². The molecular formula is C16H13BrCl2N2. The summed E-state index contributed by atoms with van der Waals surface area (Å²) in [5.74, 6) is 1.47. The molecule has 2 nitrogen and oxygen atoms in total. The average molecular weight is 384 g/mol. The number of nitrogens with zero attached hydrogens (tertiary/aromatic N) is 2. The van der Waals surface area contributed by atoms with Crippen molar-refractivity contribution in [3.05, 3.63) is 57.3 Å². The second-order valence-corrected chi connectivity index (χ2v) is 6.56. The predicted molar refractivity (Wildman–Crippen MR) is 92.9 cm³/mol. The van der Waals surface area contributed by atoms with Gasteiger partial charge in [-0.15, -0.1) is 11.6 Å². The van der Waals surface area contributed by atoms with E-state index in [1.165, 1.54) is 5.56 Å². The molecule has 108 valence electrons. The summed E-state index contributed by atoms with van der Waals surface area (Å²) in [6, 6.07) is 12.0. The molecular weight excluding hydrogens is 371 g/mol. The molecule has 0 atom stereocenters. The molecule has 0 unspecified atom stereocenters. The van der Waals surface area contributed by atoms with E-state index < -0.39 is 0 Å². The van der Waals surface area contributed by atoms with E-state index in [0.29, 0.717) is 17.3 Å². The normalized spacial score (nSPS) is 11.2. The van der Waals surface area contributed by atoms with Gasteiger partial charge in [0.05, 0.1) is 16.7 Å². The molecule has 0 radical (unpaired) electrons. The number of aromatic nitrogens is 2. The number of hydrogen-bond acceptors (Lipinski definition) is 1. The van der Waals surface area contributed by atoms with E-state index in [9.17, 15) is 0 Å². The third-order valence-electron chi connectivity index (χ3n) is 3.35. The molecule has 0 N–H and O–H groups in total. The summed E-state index contributed by atoms with van der Waals surface area (Å²) in [5.41, 5.74) is 4.16. The van der Waals surface area contributed by atoms with Crippen molar-refractivity contribution in [3.8, 4) is 5.69 Å². The highest BCUT2D eigenvalue weighted by molar-refractivity contribution is 9.10. The van der Waals surface area contributed by atoms with Crippen LogP contribution in [0.3, 0.4) is 0 Å². The second-order valence-electron chi connectivity index (χ2n) is 4.89. The van der Waals surface area contributed by atoms with Crippen molar-refractivity contribution in [1.29, 1.82) is 0 Å². The summed E-state index contributed by atoms with van der Waals surface area (Å²) < 4.78 is 3.14. The van der Waals surface area contributed by atoms with Gasteiger partial charge in [-0.1, -0.05) is 17.7 Å². The fourth-order valence-corrected chi connectivity index (χ4v) is 3.17. The molecule has 0 saturated heterocycles. The van der Waals surface area contributed by atoms with Gasteiger partial charge < -0.3 is 0 Å². The van der Waals surface area contributed by atoms with Gasteiger partial charge in [-0.2, -0.15) is 0 Å². The third kappa shape index (κ3) is 2.83.